The zero-order valence-corrected chi connectivity index (χ0v) is 19.0. The molecular formula is C24H22F3N7O2. The highest BCUT2D eigenvalue weighted by atomic mass is 19.4. The number of halogens is 3. The van der Waals surface area contributed by atoms with Crippen molar-refractivity contribution in [2.75, 3.05) is 25.1 Å². The minimum atomic E-state index is -4.61. The summed E-state index contributed by atoms with van der Waals surface area (Å²) < 4.78 is 47.5. The van der Waals surface area contributed by atoms with E-state index in [1.807, 2.05) is 18.2 Å². The van der Waals surface area contributed by atoms with Crippen molar-refractivity contribution in [2.24, 2.45) is 0 Å². The smallest absolute Gasteiger partial charge is 0.380 e. The minimum Gasteiger partial charge on any atom is -0.380 e. The van der Waals surface area contributed by atoms with Gasteiger partial charge in [0.2, 0.25) is 5.95 Å². The van der Waals surface area contributed by atoms with Gasteiger partial charge in [-0.25, -0.2) is 14.3 Å². The number of nitrogens with one attached hydrogen (secondary N) is 2. The lowest BCUT2D eigenvalue weighted by molar-refractivity contribution is -0.144. The number of hydrogen-bond donors (Lipinski definition) is 2. The molecule has 36 heavy (non-hydrogen) atoms. The van der Waals surface area contributed by atoms with E-state index < -0.39 is 18.3 Å². The Morgan fingerprint density at radius 2 is 2.00 bits per heavy atom. The summed E-state index contributed by atoms with van der Waals surface area (Å²) >= 11 is 0. The molecule has 2 aliphatic rings. The molecule has 12 heteroatoms. The Labute approximate surface area is 202 Å². The van der Waals surface area contributed by atoms with Crippen LogP contribution in [-0.2, 0) is 24.2 Å². The van der Waals surface area contributed by atoms with Gasteiger partial charge in [-0.15, -0.1) is 0 Å². The number of benzene rings is 1. The summed E-state index contributed by atoms with van der Waals surface area (Å²) in [4.78, 5) is 26.0. The molecule has 0 bridgehead atoms. The van der Waals surface area contributed by atoms with Crippen LogP contribution in [0.15, 0.2) is 47.5 Å². The van der Waals surface area contributed by atoms with E-state index in [1.54, 1.807) is 12.1 Å². The predicted molar refractivity (Wildman–Crippen MR) is 126 cm³/mol. The van der Waals surface area contributed by atoms with E-state index in [2.05, 4.69) is 25.6 Å². The number of fused-ring (bicyclic) bond motifs is 2. The predicted octanol–water partition coefficient (Wildman–Crippen LogP) is 3.04. The molecule has 4 aromatic rings. The van der Waals surface area contributed by atoms with Crippen LogP contribution < -0.4 is 16.2 Å². The normalized spacial score (nSPS) is 16.1. The Bertz CT molecular complexity index is 1510. The highest BCUT2D eigenvalue weighted by Gasteiger charge is 2.32. The molecule has 1 aromatic carbocycles. The van der Waals surface area contributed by atoms with Gasteiger partial charge in [0.25, 0.3) is 5.56 Å². The minimum absolute atomic E-state index is 0.00773. The maximum Gasteiger partial charge on any atom is 0.408 e. The van der Waals surface area contributed by atoms with Crippen molar-refractivity contribution in [2.45, 2.75) is 31.6 Å². The van der Waals surface area contributed by atoms with Gasteiger partial charge in [-0.05, 0) is 48.4 Å². The lowest BCUT2D eigenvalue weighted by Crippen LogP contribution is -2.30. The number of aromatic nitrogens is 5. The second-order valence-electron chi connectivity index (χ2n) is 8.93. The van der Waals surface area contributed by atoms with Crippen LogP contribution in [0.3, 0.4) is 0 Å². The summed E-state index contributed by atoms with van der Waals surface area (Å²) in [6, 6.07) is 9.16. The second kappa shape index (κ2) is 8.71. The second-order valence-corrected chi connectivity index (χ2v) is 8.93. The van der Waals surface area contributed by atoms with E-state index in [9.17, 15) is 18.0 Å². The molecule has 6 rings (SSSR count). The fourth-order valence-electron chi connectivity index (χ4n) is 4.55. The Hall–Kier alpha value is -3.77. The van der Waals surface area contributed by atoms with E-state index in [-0.39, 0.29) is 22.9 Å². The SMILES string of the molecule is O=c1c2cnc(Nc3ccc4c(c3)CCNC4)nc2n(-c2ccnc(C3COC3)c2)n1CC(F)(F)F. The number of rotatable bonds is 5. The summed E-state index contributed by atoms with van der Waals surface area (Å²) in [5, 5.41) is 6.45. The van der Waals surface area contributed by atoms with Crippen molar-refractivity contribution in [3.8, 4) is 5.69 Å². The van der Waals surface area contributed by atoms with Gasteiger partial charge in [0.1, 0.15) is 11.9 Å². The van der Waals surface area contributed by atoms with Gasteiger partial charge in [-0.1, -0.05) is 6.07 Å². The van der Waals surface area contributed by atoms with Gasteiger partial charge >= 0.3 is 6.18 Å². The molecule has 0 aliphatic carbocycles. The first-order chi connectivity index (χ1) is 17.4. The molecule has 0 amide bonds. The molecule has 0 saturated carbocycles. The molecule has 9 nitrogen and oxygen atoms in total. The molecule has 0 radical (unpaired) electrons. The maximum atomic E-state index is 13.5. The van der Waals surface area contributed by atoms with Gasteiger partial charge in [-0.2, -0.15) is 18.2 Å². The molecule has 3 aromatic heterocycles. The first kappa shape index (κ1) is 22.7. The van der Waals surface area contributed by atoms with Crippen LogP contribution in [0.5, 0.6) is 0 Å². The average Bonchev–Trinajstić information content (AvgIpc) is 3.07. The molecule has 0 atom stereocenters. The van der Waals surface area contributed by atoms with Crippen LogP contribution >= 0.6 is 0 Å². The van der Waals surface area contributed by atoms with Crippen LogP contribution in [0, 0.1) is 0 Å². The standard InChI is InChI=1S/C24H22F3N7O2/c25-24(26,27)13-33-22(35)19-10-30-23(31-17-2-1-15-9-28-5-3-14(15)7-17)32-21(19)34(33)18-4-6-29-20(8-18)16-11-36-12-16/h1-2,4,6-8,10,16,28H,3,5,9,11-13H2,(H,30,31,32). The largest absolute Gasteiger partial charge is 0.408 e. The summed E-state index contributed by atoms with van der Waals surface area (Å²) in [5.74, 6) is 0.233. The van der Waals surface area contributed by atoms with Crippen LogP contribution in [0.25, 0.3) is 16.7 Å². The van der Waals surface area contributed by atoms with Crippen molar-refractivity contribution >= 4 is 22.7 Å². The van der Waals surface area contributed by atoms with E-state index >= 15 is 0 Å². The summed E-state index contributed by atoms with van der Waals surface area (Å²) in [6.45, 7) is 1.21. The third-order valence-corrected chi connectivity index (χ3v) is 6.42. The molecule has 0 spiro atoms. The van der Waals surface area contributed by atoms with Gasteiger partial charge in [0.05, 0.1) is 24.6 Å². The van der Waals surface area contributed by atoms with Gasteiger partial charge in [0, 0.05) is 30.5 Å². The van der Waals surface area contributed by atoms with E-state index in [0.29, 0.717) is 29.3 Å². The van der Waals surface area contributed by atoms with Crippen molar-refractivity contribution < 1.29 is 17.9 Å². The van der Waals surface area contributed by atoms with Crippen LogP contribution in [0.2, 0.25) is 0 Å². The molecule has 2 N–H and O–H groups in total. The highest BCUT2D eigenvalue weighted by molar-refractivity contribution is 5.77. The number of nitrogens with zero attached hydrogens (tertiary/aromatic N) is 5. The number of alkyl halides is 3. The van der Waals surface area contributed by atoms with Crippen molar-refractivity contribution in [1.82, 2.24) is 29.6 Å². The van der Waals surface area contributed by atoms with Gasteiger partial charge in [-0.3, -0.25) is 9.78 Å². The van der Waals surface area contributed by atoms with Crippen LogP contribution in [-0.4, -0.2) is 50.3 Å². The molecular weight excluding hydrogens is 475 g/mol. The van der Waals surface area contributed by atoms with Crippen LogP contribution in [0.1, 0.15) is 22.7 Å². The Balaban J connectivity index is 1.45. The highest BCUT2D eigenvalue weighted by Crippen LogP contribution is 2.27. The summed E-state index contributed by atoms with van der Waals surface area (Å²) in [6.07, 6.45) is -0.943. The molecule has 5 heterocycles. The average molecular weight is 497 g/mol. The lowest BCUT2D eigenvalue weighted by Gasteiger charge is -2.25. The van der Waals surface area contributed by atoms with Crippen molar-refractivity contribution in [3.63, 3.8) is 0 Å². The van der Waals surface area contributed by atoms with Gasteiger partial charge < -0.3 is 15.4 Å². The Kier molecular flexibility index (Phi) is 5.49. The van der Waals surface area contributed by atoms with Gasteiger partial charge in [0.15, 0.2) is 5.65 Å². The van der Waals surface area contributed by atoms with Crippen molar-refractivity contribution in [3.05, 3.63) is 69.9 Å². The zero-order chi connectivity index (χ0) is 24.9. The Morgan fingerprint density at radius 1 is 1.14 bits per heavy atom. The third kappa shape index (κ3) is 4.22. The quantitative estimate of drug-likeness (QED) is 0.437. The number of hydrogen-bond acceptors (Lipinski definition) is 7. The van der Waals surface area contributed by atoms with Crippen LogP contribution in [0.4, 0.5) is 24.8 Å². The topological polar surface area (TPSA) is 98.9 Å². The maximum absolute atomic E-state index is 13.5. The monoisotopic (exact) mass is 497 g/mol. The third-order valence-electron chi connectivity index (χ3n) is 6.42. The number of ether oxygens (including phenoxy) is 1. The van der Waals surface area contributed by atoms with E-state index in [1.165, 1.54) is 28.2 Å². The molecule has 1 saturated heterocycles. The number of pyridine rings is 1. The summed E-state index contributed by atoms with van der Waals surface area (Å²) in [7, 11) is 0. The van der Waals surface area contributed by atoms with E-state index in [4.69, 9.17) is 4.74 Å². The summed E-state index contributed by atoms with van der Waals surface area (Å²) in [5.41, 5.74) is 3.47. The number of anilines is 2. The molecule has 1 fully saturated rings. The molecule has 0 unspecified atom stereocenters. The fourth-order valence-corrected chi connectivity index (χ4v) is 4.55. The lowest BCUT2D eigenvalue weighted by atomic mass is 10.0. The molecule has 186 valence electrons. The van der Waals surface area contributed by atoms with Crippen molar-refractivity contribution in [1.29, 1.82) is 0 Å². The van der Waals surface area contributed by atoms with E-state index in [0.717, 1.165) is 25.2 Å². The zero-order valence-electron chi connectivity index (χ0n) is 19.0. The first-order valence-electron chi connectivity index (χ1n) is 11.5. The fraction of sp³-hybridized carbons (Fsp3) is 0.333. The first-order valence-corrected chi connectivity index (χ1v) is 11.5. The Morgan fingerprint density at radius 3 is 2.78 bits per heavy atom. The molecule has 2 aliphatic heterocycles.